The monoisotopic (exact) mass is 408 g/mol. The highest BCUT2D eigenvalue weighted by atomic mass is 79.9. The summed E-state index contributed by atoms with van der Waals surface area (Å²) in [5.74, 6) is -1.16. The Morgan fingerprint density at radius 1 is 1.05 bits per heavy atom. The van der Waals surface area contributed by atoms with Crippen molar-refractivity contribution in [3.8, 4) is 0 Å². The molecule has 2 aromatic rings. The maximum atomic E-state index is 13.6. The van der Waals surface area contributed by atoms with Crippen LogP contribution in [0.2, 0.25) is 0 Å². The van der Waals surface area contributed by atoms with Gasteiger partial charge in [-0.05, 0) is 41.8 Å². The van der Waals surface area contributed by atoms with Crippen molar-refractivity contribution in [1.29, 1.82) is 0 Å². The lowest BCUT2D eigenvalue weighted by Gasteiger charge is -2.13. The van der Waals surface area contributed by atoms with E-state index >= 15 is 0 Å². The standard InChI is InChI=1S/C14H9Br2ClF2/c15-9-2-4-12(16)11(6-9)13(17)5-8-1-3-10(18)7-14(8)19/h1-4,6-7,13H,5H2. The molecular formula is C14H9Br2ClF2. The van der Waals surface area contributed by atoms with E-state index in [9.17, 15) is 8.78 Å². The van der Waals surface area contributed by atoms with Crippen LogP contribution in [0.5, 0.6) is 0 Å². The number of hydrogen-bond acceptors (Lipinski definition) is 0. The van der Waals surface area contributed by atoms with Gasteiger partial charge in [-0.2, -0.15) is 0 Å². The molecule has 5 heteroatoms. The highest BCUT2D eigenvalue weighted by Crippen LogP contribution is 2.33. The molecule has 100 valence electrons. The fraction of sp³-hybridized carbons (Fsp3) is 0.143. The maximum absolute atomic E-state index is 13.6. The molecule has 0 amide bonds. The van der Waals surface area contributed by atoms with Gasteiger partial charge in [0.05, 0.1) is 5.38 Å². The van der Waals surface area contributed by atoms with E-state index in [0.717, 1.165) is 20.6 Å². The molecule has 0 radical (unpaired) electrons. The summed E-state index contributed by atoms with van der Waals surface area (Å²) in [5, 5.41) is -0.396. The fourth-order valence-electron chi connectivity index (χ4n) is 1.74. The molecule has 1 atom stereocenters. The lowest BCUT2D eigenvalue weighted by Crippen LogP contribution is -2.00. The molecule has 0 saturated carbocycles. The minimum atomic E-state index is -0.587. The van der Waals surface area contributed by atoms with Crippen LogP contribution < -0.4 is 0 Å². The van der Waals surface area contributed by atoms with E-state index in [2.05, 4.69) is 31.9 Å². The third-order valence-corrected chi connectivity index (χ3v) is 4.31. The van der Waals surface area contributed by atoms with Crippen molar-refractivity contribution in [1.82, 2.24) is 0 Å². The Kier molecular flexibility index (Phi) is 4.98. The number of halogens is 5. The largest absolute Gasteiger partial charge is 0.207 e. The lowest BCUT2D eigenvalue weighted by molar-refractivity contribution is 0.570. The van der Waals surface area contributed by atoms with Gasteiger partial charge in [-0.1, -0.05) is 37.9 Å². The third kappa shape index (κ3) is 3.77. The smallest absolute Gasteiger partial charge is 0.129 e. The van der Waals surface area contributed by atoms with Gasteiger partial charge in [-0.15, -0.1) is 11.6 Å². The average Bonchev–Trinajstić information content (AvgIpc) is 2.35. The molecule has 0 heterocycles. The van der Waals surface area contributed by atoms with Gasteiger partial charge in [-0.3, -0.25) is 0 Å². The van der Waals surface area contributed by atoms with Gasteiger partial charge in [0.15, 0.2) is 0 Å². The summed E-state index contributed by atoms with van der Waals surface area (Å²) in [6, 6.07) is 9.16. The molecule has 1 unspecified atom stereocenters. The summed E-state index contributed by atoms with van der Waals surface area (Å²) >= 11 is 13.1. The maximum Gasteiger partial charge on any atom is 0.129 e. The number of alkyl halides is 1. The first kappa shape index (κ1) is 14.9. The van der Waals surface area contributed by atoms with E-state index in [-0.39, 0.29) is 0 Å². The minimum Gasteiger partial charge on any atom is -0.207 e. The summed E-state index contributed by atoms with van der Waals surface area (Å²) in [5.41, 5.74) is 1.26. The summed E-state index contributed by atoms with van der Waals surface area (Å²) in [7, 11) is 0. The zero-order valence-electron chi connectivity index (χ0n) is 9.64. The second-order valence-electron chi connectivity index (χ2n) is 4.07. The first-order chi connectivity index (χ1) is 8.97. The van der Waals surface area contributed by atoms with E-state index in [1.165, 1.54) is 12.1 Å². The van der Waals surface area contributed by atoms with Gasteiger partial charge in [0, 0.05) is 15.0 Å². The summed E-state index contributed by atoms with van der Waals surface area (Å²) < 4.78 is 28.2. The third-order valence-electron chi connectivity index (χ3n) is 2.71. The topological polar surface area (TPSA) is 0 Å². The predicted octanol–water partition coefficient (Wildman–Crippen LogP) is 6.01. The van der Waals surface area contributed by atoms with Crippen LogP contribution in [0.1, 0.15) is 16.5 Å². The summed E-state index contributed by atoms with van der Waals surface area (Å²) in [4.78, 5) is 0. The van der Waals surface area contributed by atoms with Crippen LogP contribution >= 0.6 is 43.5 Å². The molecule has 2 aromatic carbocycles. The van der Waals surface area contributed by atoms with Crippen molar-refractivity contribution >= 4 is 43.5 Å². The van der Waals surface area contributed by atoms with Crippen molar-refractivity contribution in [3.05, 3.63) is 68.1 Å². The van der Waals surface area contributed by atoms with E-state index in [1.807, 2.05) is 18.2 Å². The molecule has 0 bridgehead atoms. The average molecular weight is 410 g/mol. The van der Waals surface area contributed by atoms with Gasteiger partial charge in [0.2, 0.25) is 0 Å². The molecule has 0 aliphatic carbocycles. The zero-order valence-corrected chi connectivity index (χ0v) is 13.6. The van der Waals surface area contributed by atoms with Crippen LogP contribution in [0.3, 0.4) is 0 Å². The molecule has 0 saturated heterocycles. The molecule has 19 heavy (non-hydrogen) atoms. The van der Waals surface area contributed by atoms with E-state index in [4.69, 9.17) is 11.6 Å². The molecule has 0 aliphatic rings. The van der Waals surface area contributed by atoms with Crippen LogP contribution in [-0.2, 0) is 6.42 Å². The van der Waals surface area contributed by atoms with Crippen LogP contribution in [0.25, 0.3) is 0 Å². The fourth-order valence-corrected chi connectivity index (χ4v) is 3.13. The summed E-state index contributed by atoms with van der Waals surface area (Å²) in [6.45, 7) is 0. The Bertz CT molecular complexity index is 602. The van der Waals surface area contributed by atoms with Crippen LogP contribution in [0, 0.1) is 11.6 Å². The molecule has 0 fully saturated rings. The predicted molar refractivity (Wildman–Crippen MR) is 80.5 cm³/mol. The lowest BCUT2D eigenvalue weighted by atomic mass is 10.0. The Hall–Kier alpha value is -0.450. The quantitative estimate of drug-likeness (QED) is 0.544. The molecule has 0 nitrogen and oxygen atoms in total. The first-order valence-electron chi connectivity index (χ1n) is 5.50. The van der Waals surface area contributed by atoms with Crippen molar-refractivity contribution in [2.24, 2.45) is 0 Å². The van der Waals surface area contributed by atoms with Crippen LogP contribution in [-0.4, -0.2) is 0 Å². The zero-order chi connectivity index (χ0) is 14.0. The van der Waals surface area contributed by atoms with Gasteiger partial charge >= 0.3 is 0 Å². The molecule has 0 aliphatic heterocycles. The normalized spacial score (nSPS) is 12.5. The Morgan fingerprint density at radius 2 is 1.79 bits per heavy atom. The Morgan fingerprint density at radius 3 is 2.47 bits per heavy atom. The highest BCUT2D eigenvalue weighted by Gasteiger charge is 2.15. The van der Waals surface area contributed by atoms with Gasteiger partial charge in [0.1, 0.15) is 11.6 Å². The van der Waals surface area contributed by atoms with Crippen molar-refractivity contribution in [2.45, 2.75) is 11.8 Å². The number of hydrogen-bond donors (Lipinski definition) is 0. The molecule has 2 rings (SSSR count). The number of benzene rings is 2. The Labute approximate surface area is 132 Å². The van der Waals surface area contributed by atoms with Crippen molar-refractivity contribution in [3.63, 3.8) is 0 Å². The highest BCUT2D eigenvalue weighted by molar-refractivity contribution is 9.11. The van der Waals surface area contributed by atoms with E-state index < -0.39 is 17.0 Å². The second kappa shape index (κ2) is 6.33. The van der Waals surface area contributed by atoms with Gasteiger partial charge in [-0.25, -0.2) is 8.78 Å². The first-order valence-corrected chi connectivity index (χ1v) is 7.52. The minimum absolute atomic E-state index is 0.294. The van der Waals surface area contributed by atoms with E-state index in [1.54, 1.807) is 0 Å². The SMILES string of the molecule is Fc1ccc(CC(Cl)c2cc(Br)ccc2Br)c(F)c1. The Balaban J connectivity index is 2.25. The van der Waals surface area contributed by atoms with E-state index in [0.29, 0.717) is 12.0 Å². The molecular weight excluding hydrogens is 401 g/mol. The molecule has 0 aromatic heterocycles. The van der Waals surface area contributed by atoms with Crippen LogP contribution in [0.4, 0.5) is 8.78 Å². The second-order valence-corrected chi connectivity index (χ2v) is 6.37. The van der Waals surface area contributed by atoms with Gasteiger partial charge in [0.25, 0.3) is 0 Å². The van der Waals surface area contributed by atoms with Gasteiger partial charge < -0.3 is 0 Å². The molecule has 0 N–H and O–H groups in total. The van der Waals surface area contributed by atoms with Crippen molar-refractivity contribution < 1.29 is 8.78 Å². The number of rotatable bonds is 3. The van der Waals surface area contributed by atoms with Crippen molar-refractivity contribution in [2.75, 3.05) is 0 Å². The summed E-state index contributed by atoms with van der Waals surface area (Å²) in [6.07, 6.45) is 0.294. The molecule has 0 spiro atoms. The van der Waals surface area contributed by atoms with Crippen LogP contribution in [0.15, 0.2) is 45.3 Å².